The van der Waals surface area contributed by atoms with Gasteiger partial charge in [0.2, 0.25) is 6.29 Å². The minimum atomic E-state index is -2.46. The van der Waals surface area contributed by atoms with Crippen molar-refractivity contribution in [3.63, 3.8) is 0 Å². The van der Waals surface area contributed by atoms with Crippen molar-refractivity contribution in [1.82, 2.24) is 5.32 Å². The highest BCUT2D eigenvalue weighted by atomic mass is 31.1. The Morgan fingerprint density at radius 3 is 2.21 bits per heavy atom. The van der Waals surface area contributed by atoms with Crippen molar-refractivity contribution >= 4 is 20.1 Å². The van der Waals surface area contributed by atoms with E-state index in [2.05, 4.69) is 5.32 Å². The largest absolute Gasteiger partial charge is 0.425 e. The van der Waals surface area contributed by atoms with E-state index in [-0.39, 0.29) is 12.1 Å². The number of nitrogens with one attached hydrogen (secondary N) is 1. The molecule has 0 fully saturated rings. The van der Waals surface area contributed by atoms with Crippen LogP contribution < -0.4 is 5.32 Å². The first-order chi connectivity index (χ1) is 10.9. The summed E-state index contributed by atoms with van der Waals surface area (Å²) >= 11 is 0. The third-order valence-corrected chi connectivity index (χ3v) is 3.94. The minimum absolute atomic E-state index is 0.158. The second kappa shape index (κ2) is 10.7. The summed E-state index contributed by atoms with van der Waals surface area (Å²) in [4.78, 5) is 32.0. The van der Waals surface area contributed by atoms with Crippen LogP contribution in [0.2, 0.25) is 0 Å². The molecule has 1 amide bonds. The van der Waals surface area contributed by atoms with Gasteiger partial charge in [0, 0.05) is 13.1 Å². The quantitative estimate of drug-likeness (QED) is 0.324. The SMILES string of the molecule is CC(CCC(O)NC(=O)OC(C)OC(=O)C(C)(C)C)CC[PH](=O)O. The van der Waals surface area contributed by atoms with Crippen LogP contribution in [-0.4, -0.2) is 40.7 Å². The van der Waals surface area contributed by atoms with E-state index in [0.717, 1.165) is 0 Å². The molecule has 4 atom stereocenters. The van der Waals surface area contributed by atoms with Crippen molar-refractivity contribution in [2.24, 2.45) is 11.3 Å². The highest BCUT2D eigenvalue weighted by molar-refractivity contribution is 7.37. The fourth-order valence-electron chi connectivity index (χ4n) is 1.70. The predicted molar refractivity (Wildman–Crippen MR) is 89.7 cm³/mol. The van der Waals surface area contributed by atoms with Gasteiger partial charge in [-0.15, -0.1) is 0 Å². The lowest BCUT2D eigenvalue weighted by Gasteiger charge is -2.21. The van der Waals surface area contributed by atoms with E-state index in [1.54, 1.807) is 20.8 Å². The number of aliphatic hydroxyl groups is 1. The van der Waals surface area contributed by atoms with Crippen LogP contribution in [0.25, 0.3) is 0 Å². The number of aliphatic hydroxyl groups excluding tert-OH is 1. The van der Waals surface area contributed by atoms with Crippen molar-refractivity contribution in [3.05, 3.63) is 0 Å². The molecular weight excluding hydrogens is 337 g/mol. The fraction of sp³-hybridized carbons (Fsp3) is 0.867. The number of hydrogen-bond acceptors (Lipinski definition) is 6. The van der Waals surface area contributed by atoms with Gasteiger partial charge in [-0.1, -0.05) is 6.92 Å². The average molecular weight is 367 g/mol. The van der Waals surface area contributed by atoms with Gasteiger partial charge in [0.1, 0.15) is 6.23 Å². The molecule has 9 heteroatoms. The zero-order valence-electron chi connectivity index (χ0n) is 15.0. The Labute approximate surface area is 143 Å². The summed E-state index contributed by atoms with van der Waals surface area (Å²) in [5.41, 5.74) is -0.705. The highest BCUT2D eigenvalue weighted by Gasteiger charge is 2.26. The lowest BCUT2D eigenvalue weighted by Crippen LogP contribution is -2.38. The molecule has 0 saturated heterocycles. The van der Waals surface area contributed by atoms with Gasteiger partial charge >= 0.3 is 12.1 Å². The van der Waals surface area contributed by atoms with Crippen LogP contribution in [0.15, 0.2) is 0 Å². The molecule has 4 unspecified atom stereocenters. The van der Waals surface area contributed by atoms with Gasteiger partial charge in [-0.25, -0.2) is 4.79 Å². The Morgan fingerprint density at radius 2 is 1.71 bits per heavy atom. The first-order valence-corrected chi connectivity index (χ1v) is 9.56. The van der Waals surface area contributed by atoms with Crippen LogP contribution in [0.3, 0.4) is 0 Å². The topological polar surface area (TPSA) is 122 Å². The first-order valence-electron chi connectivity index (χ1n) is 8.00. The molecule has 24 heavy (non-hydrogen) atoms. The van der Waals surface area contributed by atoms with Crippen molar-refractivity contribution in [1.29, 1.82) is 0 Å². The molecule has 8 nitrogen and oxygen atoms in total. The van der Waals surface area contributed by atoms with Gasteiger partial charge in [0.05, 0.1) is 5.41 Å². The summed E-state index contributed by atoms with van der Waals surface area (Å²) in [7, 11) is -2.46. The Balaban J connectivity index is 4.05. The third-order valence-electron chi connectivity index (χ3n) is 3.23. The summed E-state index contributed by atoms with van der Waals surface area (Å²) in [6, 6.07) is 0. The monoisotopic (exact) mass is 367 g/mol. The molecule has 0 spiro atoms. The average Bonchev–Trinajstić information content (AvgIpc) is 2.41. The molecule has 0 rings (SSSR count). The molecule has 0 aromatic rings. The summed E-state index contributed by atoms with van der Waals surface area (Å²) in [5.74, 6) is -0.342. The van der Waals surface area contributed by atoms with Crippen LogP contribution in [0.4, 0.5) is 4.79 Å². The van der Waals surface area contributed by atoms with E-state index < -0.39 is 38.0 Å². The van der Waals surface area contributed by atoms with Gasteiger partial charge in [0.15, 0.2) is 8.03 Å². The number of amides is 1. The zero-order valence-corrected chi connectivity index (χ0v) is 16.0. The van der Waals surface area contributed by atoms with E-state index in [0.29, 0.717) is 19.3 Å². The number of hydrogen-bond donors (Lipinski definition) is 3. The minimum Gasteiger partial charge on any atom is -0.425 e. The Morgan fingerprint density at radius 1 is 1.12 bits per heavy atom. The number of carbonyl (C=O) groups is 2. The van der Waals surface area contributed by atoms with Crippen LogP contribution in [0.5, 0.6) is 0 Å². The molecule has 0 bridgehead atoms. The maximum absolute atomic E-state index is 11.6. The van der Waals surface area contributed by atoms with Crippen molar-refractivity contribution in [2.75, 3.05) is 6.16 Å². The molecule has 0 radical (unpaired) electrons. The molecule has 142 valence electrons. The normalized spacial score (nSPS) is 16.6. The van der Waals surface area contributed by atoms with Gasteiger partial charge in [-0.3, -0.25) is 14.7 Å². The maximum Gasteiger partial charge on any atom is 0.412 e. The number of rotatable bonds is 9. The number of esters is 1. The van der Waals surface area contributed by atoms with Crippen LogP contribution >= 0.6 is 8.03 Å². The number of ether oxygens (including phenoxy) is 2. The fourth-order valence-corrected chi connectivity index (χ4v) is 2.44. The summed E-state index contributed by atoms with van der Waals surface area (Å²) < 4.78 is 20.5. The number of carbonyl (C=O) groups excluding carboxylic acids is 2. The van der Waals surface area contributed by atoms with Crippen molar-refractivity contribution < 1.29 is 33.6 Å². The van der Waals surface area contributed by atoms with Gasteiger partial charge in [-0.2, -0.15) is 0 Å². The highest BCUT2D eigenvalue weighted by Crippen LogP contribution is 2.20. The van der Waals surface area contributed by atoms with Crippen LogP contribution in [0.1, 0.15) is 53.9 Å². The second-order valence-corrected chi connectivity index (χ2v) is 8.19. The molecular formula is C15H30NO7P. The third kappa shape index (κ3) is 11.4. The summed E-state index contributed by atoms with van der Waals surface area (Å²) in [6.07, 6.45) is -1.32. The molecule has 0 aliphatic carbocycles. The lowest BCUT2D eigenvalue weighted by molar-refractivity contribution is -0.174. The summed E-state index contributed by atoms with van der Waals surface area (Å²) in [5, 5.41) is 12.0. The van der Waals surface area contributed by atoms with Gasteiger partial charge in [0.25, 0.3) is 0 Å². The Bertz CT molecular complexity index is 436. The smallest absolute Gasteiger partial charge is 0.412 e. The Hall–Kier alpha value is -1.11. The predicted octanol–water partition coefficient (Wildman–Crippen LogP) is 2.24. The van der Waals surface area contributed by atoms with E-state index in [9.17, 15) is 19.3 Å². The van der Waals surface area contributed by atoms with E-state index >= 15 is 0 Å². The standard InChI is InChI=1S/C15H30NO7P/c1-10(8-9-24(20)21)6-7-12(17)16-14(19)23-11(2)22-13(18)15(3,4)5/h10-12,17,24H,6-9H2,1-5H3,(H,16,19)(H,20,21). The van der Waals surface area contributed by atoms with Crippen LogP contribution in [0, 0.1) is 11.3 Å². The van der Waals surface area contributed by atoms with E-state index in [1.807, 2.05) is 6.92 Å². The molecule has 0 heterocycles. The van der Waals surface area contributed by atoms with Crippen LogP contribution in [-0.2, 0) is 18.8 Å². The molecule has 0 aromatic carbocycles. The summed E-state index contributed by atoms with van der Waals surface area (Å²) in [6.45, 7) is 8.36. The molecule has 0 aromatic heterocycles. The van der Waals surface area contributed by atoms with Gasteiger partial charge in [-0.05, 0) is 46.0 Å². The molecule has 0 aliphatic rings. The van der Waals surface area contributed by atoms with Gasteiger partial charge < -0.3 is 19.5 Å². The van der Waals surface area contributed by atoms with Crippen molar-refractivity contribution in [3.8, 4) is 0 Å². The second-order valence-electron chi connectivity index (χ2n) is 6.90. The molecule has 3 N–H and O–H groups in total. The Kier molecular flexibility index (Phi) is 10.2. The maximum atomic E-state index is 11.6. The van der Waals surface area contributed by atoms with Crippen molar-refractivity contribution in [2.45, 2.75) is 66.4 Å². The molecule has 0 aliphatic heterocycles. The lowest BCUT2D eigenvalue weighted by atomic mass is 9.97. The molecule has 0 saturated carbocycles. The van der Waals surface area contributed by atoms with E-state index in [4.69, 9.17) is 14.4 Å². The zero-order chi connectivity index (χ0) is 18.9. The van der Waals surface area contributed by atoms with E-state index in [1.165, 1.54) is 6.92 Å². The first kappa shape index (κ1) is 22.9. The number of alkyl carbamates (subject to hydrolysis) is 1.